The zero-order valence-corrected chi connectivity index (χ0v) is 19.5. The number of amides is 2. The van der Waals surface area contributed by atoms with E-state index in [1.165, 1.54) is 53.8 Å². The summed E-state index contributed by atoms with van der Waals surface area (Å²) in [6.07, 6.45) is 2.59. The molecule has 0 aliphatic rings. The van der Waals surface area contributed by atoms with E-state index in [4.69, 9.17) is 0 Å². The normalized spacial score (nSPS) is 11.5. The van der Waals surface area contributed by atoms with Gasteiger partial charge in [0, 0.05) is 25.2 Å². The Morgan fingerprint density at radius 2 is 1.65 bits per heavy atom. The number of hydrogen-bond acceptors (Lipinski definition) is 4. The van der Waals surface area contributed by atoms with Crippen molar-refractivity contribution in [3.8, 4) is 0 Å². The third-order valence-electron chi connectivity index (χ3n) is 4.93. The van der Waals surface area contributed by atoms with Crippen LogP contribution in [0.3, 0.4) is 0 Å². The Kier molecular flexibility index (Phi) is 7.93. The van der Waals surface area contributed by atoms with Crippen LogP contribution in [0.4, 0.5) is 4.39 Å². The van der Waals surface area contributed by atoms with Crippen LogP contribution in [0, 0.1) is 12.7 Å². The number of benzene rings is 3. The molecule has 0 radical (unpaired) electrons. The van der Waals surface area contributed by atoms with Crippen LogP contribution >= 0.6 is 0 Å². The molecular weight excluding hydrogens is 457 g/mol. The van der Waals surface area contributed by atoms with Gasteiger partial charge >= 0.3 is 0 Å². The van der Waals surface area contributed by atoms with Crippen LogP contribution < -0.4 is 10.9 Å². The third kappa shape index (κ3) is 6.60. The van der Waals surface area contributed by atoms with E-state index in [2.05, 4.69) is 10.9 Å². The highest BCUT2D eigenvalue weighted by atomic mass is 32.2. The zero-order valence-electron chi connectivity index (χ0n) is 18.7. The summed E-state index contributed by atoms with van der Waals surface area (Å²) in [6, 6.07) is 18.7. The zero-order chi connectivity index (χ0) is 24.7. The topological polar surface area (TPSA) is 95.6 Å². The number of rotatable bonds is 7. The maximum atomic E-state index is 13.2. The molecule has 0 atom stereocenters. The molecule has 0 bridgehead atoms. The Labute approximate surface area is 197 Å². The van der Waals surface area contributed by atoms with Crippen LogP contribution in [0.2, 0.25) is 0 Å². The van der Waals surface area contributed by atoms with Crippen molar-refractivity contribution in [2.45, 2.75) is 18.4 Å². The quantitative estimate of drug-likeness (QED) is 0.399. The van der Waals surface area contributed by atoms with Gasteiger partial charge in [0.2, 0.25) is 10.0 Å². The second-order valence-corrected chi connectivity index (χ2v) is 9.65. The summed E-state index contributed by atoms with van der Waals surface area (Å²) >= 11 is 0. The fourth-order valence-corrected chi connectivity index (χ4v) is 4.17. The molecule has 3 aromatic carbocycles. The number of halogens is 1. The van der Waals surface area contributed by atoms with Gasteiger partial charge in [0.25, 0.3) is 11.8 Å². The summed E-state index contributed by atoms with van der Waals surface area (Å²) in [4.78, 5) is 24.3. The van der Waals surface area contributed by atoms with Gasteiger partial charge in [-0.3, -0.25) is 20.4 Å². The minimum Gasteiger partial charge on any atom is -0.268 e. The van der Waals surface area contributed by atoms with E-state index in [9.17, 15) is 22.4 Å². The lowest BCUT2D eigenvalue weighted by Crippen LogP contribution is -2.40. The highest BCUT2D eigenvalue weighted by molar-refractivity contribution is 7.89. The average Bonchev–Trinajstić information content (AvgIpc) is 2.82. The molecule has 7 nitrogen and oxygen atoms in total. The number of carbonyl (C=O) groups is 2. The third-order valence-corrected chi connectivity index (χ3v) is 6.74. The maximum absolute atomic E-state index is 13.2. The molecule has 0 unspecified atom stereocenters. The van der Waals surface area contributed by atoms with E-state index >= 15 is 0 Å². The van der Waals surface area contributed by atoms with Crippen molar-refractivity contribution in [2.75, 3.05) is 7.05 Å². The molecule has 0 saturated heterocycles. The van der Waals surface area contributed by atoms with Crippen LogP contribution in [-0.2, 0) is 21.4 Å². The summed E-state index contributed by atoms with van der Waals surface area (Å²) in [5.74, 6) is -1.55. The summed E-state index contributed by atoms with van der Waals surface area (Å²) in [5, 5.41) is 0. The van der Waals surface area contributed by atoms with Crippen molar-refractivity contribution < 1.29 is 22.4 Å². The van der Waals surface area contributed by atoms with Gasteiger partial charge in [-0.15, -0.1) is 0 Å². The van der Waals surface area contributed by atoms with Crippen LogP contribution in [0.25, 0.3) is 6.08 Å². The first-order chi connectivity index (χ1) is 16.1. The molecule has 0 heterocycles. The number of aryl methyl sites for hydroxylation is 1. The van der Waals surface area contributed by atoms with E-state index in [0.29, 0.717) is 11.1 Å². The molecule has 34 heavy (non-hydrogen) atoms. The molecule has 2 amide bonds. The van der Waals surface area contributed by atoms with Gasteiger partial charge in [0.1, 0.15) is 5.82 Å². The fourth-order valence-electron chi connectivity index (χ4n) is 3.01. The standard InChI is InChI=1S/C25H24FN3O4S/c1-18-6-13-23(14-7-18)34(32,33)29(2)17-20-8-11-21(12-9-20)25(31)28-27-24(30)15-10-19-4-3-5-22(26)16-19/h3-16H,17H2,1-2H3,(H,27,30)(H,28,31)/b15-10+. The summed E-state index contributed by atoms with van der Waals surface area (Å²) in [5.41, 5.74) is 6.98. The van der Waals surface area contributed by atoms with Gasteiger partial charge in [0.05, 0.1) is 4.90 Å². The molecule has 0 aromatic heterocycles. The van der Waals surface area contributed by atoms with Crippen molar-refractivity contribution in [3.05, 3.63) is 107 Å². The summed E-state index contributed by atoms with van der Waals surface area (Å²) < 4.78 is 39.9. The van der Waals surface area contributed by atoms with Gasteiger partial charge in [-0.1, -0.05) is 42.0 Å². The lowest BCUT2D eigenvalue weighted by atomic mass is 10.1. The second kappa shape index (κ2) is 10.9. The molecule has 3 rings (SSSR count). The van der Waals surface area contributed by atoms with Crippen LogP contribution in [0.5, 0.6) is 0 Å². The molecule has 0 aliphatic heterocycles. The van der Waals surface area contributed by atoms with Crippen molar-refractivity contribution in [3.63, 3.8) is 0 Å². The van der Waals surface area contributed by atoms with E-state index < -0.39 is 27.7 Å². The lowest BCUT2D eigenvalue weighted by molar-refractivity contribution is -0.117. The highest BCUT2D eigenvalue weighted by Gasteiger charge is 2.20. The van der Waals surface area contributed by atoms with Crippen molar-refractivity contribution >= 4 is 27.9 Å². The summed E-state index contributed by atoms with van der Waals surface area (Å²) in [6.45, 7) is 2.01. The maximum Gasteiger partial charge on any atom is 0.269 e. The Morgan fingerprint density at radius 1 is 0.971 bits per heavy atom. The molecule has 176 valence electrons. The predicted octanol–water partition coefficient (Wildman–Crippen LogP) is 3.43. The monoisotopic (exact) mass is 481 g/mol. The van der Waals surface area contributed by atoms with E-state index in [1.807, 2.05) is 6.92 Å². The van der Waals surface area contributed by atoms with E-state index in [-0.39, 0.29) is 17.0 Å². The van der Waals surface area contributed by atoms with E-state index in [0.717, 1.165) is 5.56 Å². The molecule has 2 N–H and O–H groups in total. The Balaban J connectivity index is 1.54. The lowest BCUT2D eigenvalue weighted by Gasteiger charge is -2.17. The molecular formula is C25H24FN3O4S. The van der Waals surface area contributed by atoms with Crippen LogP contribution in [0.1, 0.15) is 27.0 Å². The largest absolute Gasteiger partial charge is 0.269 e. The Morgan fingerprint density at radius 3 is 2.29 bits per heavy atom. The summed E-state index contributed by atoms with van der Waals surface area (Å²) in [7, 11) is -2.16. The fraction of sp³-hybridized carbons (Fsp3) is 0.120. The van der Waals surface area contributed by atoms with Crippen molar-refractivity contribution in [1.29, 1.82) is 0 Å². The number of sulfonamides is 1. The number of hydrazine groups is 1. The van der Waals surface area contributed by atoms with Gasteiger partial charge in [-0.2, -0.15) is 4.31 Å². The van der Waals surface area contributed by atoms with Gasteiger partial charge < -0.3 is 0 Å². The molecule has 0 aliphatic carbocycles. The molecule has 0 fully saturated rings. The molecule has 3 aromatic rings. The Hall–Kier alpha value is -3.82. The minimum absolute atomic E-state index is 0.125. The highest BCUT2D eigenvalue weighted by Crippen LogP contribution is 2.17. The first-order valence-electron chi connectivity index (χ1n) is 10.3. The van der Waals surface area contributed by atoms with Crippen molar-refractivity contribution in [2.24, 2.45) is 0 Å². The first kappa shape index (κ1) is 24.8. The van der Waals surface area contributed by atoms with Crippen LogP contribution in [-0.4, -0.2) is 31.6 Å². The number of nitrogens with one attached hydrogen (secondary N) is 2. The molecule has 0 saturated carbocycles. The molecule has 9 heteroatoms. The average molecular weight is 482 g/mol. The number of hydrogen-bond donors (Lipinski definition) is 2. The van der Waals surface area contributed by atoms with Crippen molar-refractivity contribution in [1.82, 2.24) is 15.2 Å². The minimum atomic E-state index is -3.65. The smallest absolute Gasteiger partial charge is 0.268 e. The van der Waals surface area contributed by atoms with Gasteiger partial charge in [0.15, 0.2) is 0 Å². The first-order valence-corrected chi connectivity index (χ1v) is 11.7. The predicted molar refractivity (Wildman–Crippen MR) is 127 cm³/mol. The second-order valence-electron chi connectivity index (χ2n) is 7.60. The number of nitrogens with zero attached hydrogens (tertiary/aromatic N) is 1. The van der Waals surface area contributed by atoms with Crippen LogP contribution in [0.15, 0.2) is 83.8 Å². The SMILES string of the molecule is Cc1ccc(S(=O)(=O)N(C)Cc2ccc(C(=O)NNC(=O)/C=C/c3cccc(F)c3)cc2)cc1. The van der Waals surface area contributed by atoms with Gasteiger partial charge in [-0.25, -0.2) is 12.8 Å². The van der Waals surface area contributed by atoms with E-state index in [1.54, 1.807) is 42.5 Å². The van der Waals surface area contributed by atoms with Gasteiger partial charge in [-0.05, 0) is 60.5 Å². The Bertz CT molecular complexity index is 1300. The molecule has 0 spiro atoms. The number of carbonyl (C=O) groups excluding carboxylic acids is 2.